The van der Waals surface area contributed by atoms with E-state index in [0.717, 1.165) is 18.5 Å². The maximum atomic E-state index is 12.0. The molecule has 5 nitrogen and oxygen atoms in total. The van der Waals surface area contributed by atoms with Crippen molar-refractivity contribution in [2.24, 2.45) is 0 Å². The van der Waals surface area contributed by atoms with Gasteiger partial charge in [0.15, 0.2) is 0 Å². The summed E-state index contributed by atoms with van der Waals surface area (Å²) < 4.78 is 31.3. The Morgan fingerprint density at radius 3 is 2.42 bits per heavy atom. The molecule has 0 spiro atoms. The molecule has 0 saturated heterocycles. The highest BCUT2D eigenvalue weighted by Crippen LogP contribution is 2.10. The zero-order valence-corrected chi connectivity index (χ0v) is 12.3. The molecule has 6 heteroatoms. The number of hydrogen-bond donors (Lipinski definition) is 2. The van der Waals surface area contributed by atoms with Crippen LogP contribution in [0.4, 0.5) is 0 Å². The summed E-state index contributed by atoms with van der Waals surface area (Å²) in [5, 5.41) is 3.06. The molecule has 0 bridgehead atoms. The van der Waals surface area contributed by atoms with E-state index in [9.17, 15) is 8.42 Å². The van der Waals surface area contributed by atoms with E-state index in [2.05, 4.69) is 10.0 Å². The van der Waals surface area contributed by atoms with Gasteiger partial charge in [-0.1, -0.05) is 12.1 Å². The Morgan fingerprint density at radius 2 is 1.84 bits per heavy atom. The van der Waals surface area contributed by atoms with Crippen molar-refractivity contribution in [3.63, 3.8) is 0 Å². The van der Waals surface area contributed by atoms with E-state index in [1.807, 2.05) is 19.2 Å². The largest absolute Gasteiger partial charge is 0.385 e. The highest BCUT2D eigenvalue weighted by Gasteiger charge is 2.12. The molecule has 0 radical (unpaired) electrons. The Labute approximate surface area is 115 Å². The van der Waals surface area contributed by atoms with Crippen molar-refractivity contribution in [1.82, 2.24) is 10.0 Å². The fourth-order valence-corrected chi connectivity index (χ4v) is 2.69. The van der Waals surface area contributed by atoms with Crippen LogP contribution in [0.5, 0.6) is 0 Å². The first kappa shape index (κ1) is 16.1. The first-order valence-corrected chi connectivity index (χ1v) is 7.80. The lowest BCUT2D eigenvalue weighted by molar-refractivity contribution is 0.196. The second-order valence-electron chi connectivity index (χ2n) is 4.24. The molecule has 0 fully saturated rings. The Hall–Kier alpha value is -0.950. The summed E-state index contributed by atoms with van der Waals surface area (Å²) in [6.45, 7) is 1.81. The third kappa shape index (κ3) is 5.69. The van der Waals surface area contributed by atoms with Crippen molar-refractivity contribution < 1.29 is 13.2 Å². The lowest BCUT2D eigenvalue weighted by Gasteiger charge is -2.07. The van der Waals surface area contributed by atoms with E-state index in [0.29, 0.717) is 24.5 Å². The van der Waals surface area contributed by atoms with Crippen molar-refractivity contribution >= 4 is 10.0 Å². The first-order chi connectivity index (χ1) is 9.10. The van der Waals surface area contributed by atoms with Gasteiger partial charge in [0, 0.05) is 20.3 Å². The van der Waals surface area contributed by atoms with Crippen LogP contribution in [0.1, 0.15) is 12.0 Å². The Bertz CT molecular complexity index is 457. The summed E-state index contributed by atoms with van der Waals surface area (Å²) in [6.07, 6.45) is 1.55. The molecule has 0 amide bonds. The zero-order valence-electron chi connectivity index (χ0n) is 11.5. The molecule has 0 heterocycles. The fraction of sp³-hybridized carbons (Fsp3) is 0.538. The number of hydrogen-bond acceptors (Lipinski definition) is 4. The van der Waals surface area contributed by atoms with Gasteiger partial charge in [-0.05, 0) is 44.1 Å². The van der Waals surface area contributed by atoms with Crippen molar-refractivity contribution in [3.05, 3.63) is 29.8 Å². The van der Waals surface area contributed by atoms with Crippen LogP contribution in [0.25, 0.3) is 0 Å². The molecule has 19 heavy (non-hydrogen) atoms. The topological polar surface area (TPSA) is 67.4 Å². The van der Waals surface area contributed by atoms with Gasteiger partial charge in [0.05, 0.1) is 4.90 Å². The van der Waals surface area contributed by atoms with Gasteiger partial charge < -0.3 is 10.1 Å². The van der Waals surface area contributed by atoms with E-state index in [-0.39, 0.29) is 0 Å². The van der Waals surface area contributed by atoms with E-state index in [1.54, 1.807) is 19.2 Å². The Kier molecular flexibility index (Phi) is 7.01. The molecular weight excluding hydrogens is 264 g/mol. The molecule has 108 valence electrons. The van der Waals surface area contributed by atoms with Gasteiger partial charge in [0.2, 0.25) is 10.0 Å². The Morgan fingerprint density at radius 1 is 1.16 bits per heavy atom. The summed E-state index contributed by atoms with van der Waals surface area (Å²) >= 11 is 0. The third-order valence-electron chi connectivity index (χ3n) is 2.71. The lowest BCUT2D eigenvalue weighted by atomic mass is 10.1. The summed E-state index contributed by atoms with van der Waals surface area (Å²) in [4.78, 5) is 0.304. The van der Waals surface area contributed by atoms with Crippen LogP contribution in [0.2, 0.25) is 0 Å². The monoisotopic (exact) mass is 286 g/mol. The lowest BCUT2D eigenvalue weighted by Crippen LogP contribution is -2.25. The van der Waals surface area contributed by atoms with Crippen LogP contribution in [-0.2, 0) is 21.2 Å². The summed E-state index contributed by atoms with van der Waals surface area (Å²) in [5.74, 6) is 0. The number of methoxy groups -OCH3 is 1. The van der Waals surface area contributed by atoms with Gasteiger partial charge in [0.1, 0.15) is 0 Å². The Balaban J connectivity index is 2.58. The number of sulfonamides is 1. The summed E-state index contributed by atoms with van der Waals surface area (Å²) in [6, 6.07) is 6.98. The highest BCUT2D eigenvalue weighted by atomic mass is 32.2. The molecule has 0 aliphatic heterocycles. The minimum Gasteiger partial charge on any atom is -0.385 e. The SMILES string of the molecule is CNCCc1ccc(S(=O)(=O)NCCCOC)cc1. The molecule has 0 saturated carbocycles. The summed E-state index contributed by atoms with van der Waals surface area (Å²) in [7, 11) is 0.0881. The second-order valence-corrected chi connectivity index (χ2v) is 6.01. The van der Waals surface area contributed by atoms with Gasteiger partial charge >= 0.3 is 0 Å². The maximum absolute atomic E-state index is 12.0. The predicted octanol–water partition coefficient (Wildman–Crippen LogP) is 0.763. The molecule has 0 unspecified atom stereocenters. The standard InChI is InChI=1S/C13H22N2O3S/c1-14-10-8-12-4-6-13(7-5-12)19(16,17)15-9-3-11-18-2/h4-7,14-15H,3,8-11H2,1-2H3. The summed E-state index contributed by atoms with van der Waals surface area (Å²) in [5.41, 5.74) is 1.12. The zero-order chi connectivity index (χ0) is 14.1. The van der Waals surface area contributed by atoms with Crippen molar-refractivity contribution in [1.29, 1.82) is 0 Å². The van der Waals surface area contributed by atoms with E-state index >= 15 is 0 Å². The van der Waals surface area contributed by atoms with Crippen molar-refractivity contribution in [2.75, 3.05) is 33.9 Å². The third-order valence-corrected chi connectivity index (χ3v) is 4.19. The van der Waals surface area contributed by atoms with Gasteiger partial charge in [-0.3, -0.25) is 0 Å². The van der Waals surface area contributed by atoms with Gasteiger partial charge in [-0.15, -0.1) is 0 Å². The van der Waals surface area contributed by atoms with Crippen LogP contribution < -0.4 is 10.0 Å². The second kappa shape index (κ2) is 8.27. The minimum absolute atomic E-state index is 0.304. The molecule has 1 aromatic carbocycles. The van der Waals surface area contributed by atoms with Gasteiger partial charge in [-0.25, -0.2) is 13.1 Å². The average molecular weight is 286 g/mol. The molecule has 0 atom stereocenters. The van der Waals surface area contributed by atoms with Crippen LogP contribution in [0.3, 0.4) is 0 Å². The molecule has 0 aliphatic carbocycles. The van der Waals surface area contributed by atoms with E-state index in [4.69, 9.17) is 4.74 Å². The first-order valence-electron chi connectivity index (χ1n) is 6.32. The molecule has 0 aromatic heterocycles. The fourth-order valence-electron chi connectivity index (χ4n) is 1.61. The van der Waals surface area contributed by atoms with Crippen LogP contribution in [0.15, 0.2) is 29.2 Å². The van der Waals surface area contributed by atoms with E-state index < -0.39 is 10.0 Å². The molecule has 1 rings (SSSR count). The number of likely N-dealkylation sites (N-methyl/N-ethyl adjacent to an activating group) is 1. The van der Waals surface area contributed by atoms with Crippen LogP contribution in [-0.4, -0.2) is 42.3 Å². The quantitative estimate of drug-likeness (QED) is 0.658. The van der Waals surface area contributed by atoms with Gasteiger partial charge in [-0.2, -0.15) is 0 Å². The van der Waals surface area contributed by atoms with Crippen LogP contribution in [0, 0.1) is 0 Å². The number of benzene rings is 1. The van der Waals surface area contributed by atoms with E-state index in [1.165, 1.54) is 0 Å². The molecule has 1 aromatic rings. The molecule has 2 N–H and O–H groups in total. The molecular formula is C13H22N2O3S. The smallest absolute Gasteiger partial charge is 0.240 e. The van der Waals surface area contributed by atoms with Gasteiger partial charge in [0.25, 0.3) is 0 Å². The molecule has 0 aliphatic rings. The van der Waals surface area contributed by atoms with Crippen molar-refractivity contribution in [3.8, 4) is 0 Å². The van der Waals surface area contributed by atoms with Crippen molar-refractivity contribution in [2.45, 2.75) is 17.7 Å². The number of nitrogens with one attached hydrogen (secondary N) is 2. The maximum Gasteiger partial charge on any atom is 0.240 e. The number of ether oxygens (including phenoxy) is 1. The highest BCUT2D eigenvalue weighted by molar-refractivity contribution is 7.89. The normalized spacial score (nSPS) is 11.7. The van der Waals surface area contributed by atoms with Crippen LogP contribution >= 0.6 is 0 Å². The average Bonchev–Trinajstić information content (AvgIpc) is 2.42. The predicted molar refractivity (Wildman–Crippen MR) is 75.8 cm³/mol. The number of rotatable bonds is 9. The minimum atomic E-state index is -3.40.